The Morgan fingerprint density at radius 3 is 2.71 bits per heavy atom. The van der Waals surface area contributed by atoms with Gasteiger partial charge in [-0.2, -0.15) is 0 Å². The molecule has 0 amide bonds. The van der Waals surface area contributed by atoms with Crippen molar-refractivity contribution in [2.75, 3.05) is 6.61 Å². The van der Waals surface area contributed by atoms with Crippen LogP contribution >= 0.6 is 11.6 Å². The summed E-state index contributed by atoms with van der Waals surface area (Å²) in [5.74, 6) is 0.189. The van der Waals surface area contributed by atoms with Crippen LogP contribution in [0.2, 0.25) is 5.02 Å². The van der Waals surface area contributed by atoms with Gasteiger partial charge in [0.25, 0.3) is 0 Å². The molecule has 3 heteroatoms. The minimum atomic E-state index is -0.0234. The average molecular weight is 257 g/mol. The normalized spacial score (nSPS) is 12.6. The van der Waals surface area contributed by atoms with E-state index >= 15 is 0 Å². The van der Waals surface area contributed by atoms with Gasteiger partial charge in [0.15, 0.2) is 0 Å². The van der Waals surface area contributed by atoms with Crippen molar-refractivity contribution in [2.24, 2.45) is 0 Å². The van der Waals surface area contributed by atoms with Crippen LogP contribution in [-0.4, -0.2) is 11.7 Å². The van der Waals surface area contributed by atoms with Gasteiger partial charge in [-0.3, -0.25) is 0 Å². The topological polar surface area (TPSA) is 29.5 Å². The molecule has 1 rings (SSSR count). The number of ether oxygens (including phenoxy) is 1. The number of unbranched alkanes of at least 4 members (excludes halogenated alkanes) is 3. The van der Waals surface area contributed by atoms with E-state index in [0.29, 0.717) is 5.02 Å². The molecule has 0 aromatic heterocycles. The summed E-state index contributed by atoms with van der Waals surface area (Å²) in [6.45, 7) is 4.94. The summed E-state index contributed by atoms with van der Waals surface area (Å²) in [6, 6.07) is 5.00. The highest BCUT2D eigenvalue weighted by Crippen LogP contribution is 2.28. The molecule has 2 nitrogen and oxygen atoms in total. The van der Waals surface area contributed by atoms with E-state index in [-0.39, 0.29) is 11.9 Å². The molecule has 1 aromatic carbocycles. The fraction of sp³-hybridized carbons (Fsp3) is 0.571. The van der Waals surface area contributed by atoms with Gasteiger partial charge in [-0.05, 0) is 31.0 Å². The minimum Gasteiger partial charge on any atom is -0.508 e. The van der Waals surface area contributed by atoms with Gasteiger partial charge in [-0.1, -0.05) is 43.9 Å². The molecule has 0 fully saturated rings. The van der Waals surface area contributed by atoms with Gasteiger partial charge in [0.1, 0.15) is 5.75 Å². The highest BCUT2D eigenvalue weighted by molar-refractivity contribution is 6.31. The predicted octanol–water partition coefficient (Wildman–Crippen LogP) is 4.70. The number of phenols is 1. The molecule has 0 aliphatic rings. The van der Waals surface area contributed by atoms with Crippen LogP contribution in [0.5, 0.6) is 5.75 Å². The van der Waals surface area contributed by atoms with Gasteiger partial charge in [-0.15, -0.1) is 0 Å². The van der Waals surface area contributed by atoms with Crippen LogP contribution in [0.1, 0.15) is 51.2 Å². The van der Waals surface area contributed by atoms with Crippen LogP contribution in [0.25, 0.3) is 0 Å². The van der Waals surface area contributed by atoms with Crippen LogP contribution in [0.3, 0.4) is 0 Å². The highest BCUT2D eigenvalue weighted by Gasteiger charge is 2.10. The molecule has 0 bridgehead atoms. The summed E-state index contributed by atoms with van der Waals surface area (Å²) in [7, 11) is 0. The van der Waals surface area contributed by atoms with Gasteiger partial charge in [0.05, 0.1) is 11.1 Å². The Bertz CT molecular complexity index is 339. The lowest BCUT2D eigenvalue weighted by Gasteiger charge is -2.15. The number of phenolic OH excluding ortho intramolecular Hbond substituents is 1. The second kappa shape index (κ2) is 7.57. The molecule has 96 valence electrons. The van der Waals surface area contributed by atoms with Gasteiger partial charge >= 0.3 is 0 Å². The Balaban J connectivity index is 2.38. The van der Waals surface area contributed by atoms with E-state index in [1.54, 1.807) is 12.1 Å². The van der Waals surface area contributed by atoms with Crippen molar-refractivity contribution in [1.29, 1.82) is 0 Å². The largest absolute Gasteiger partial charge is 0.508 e. The zero-order chi connectivity index (χ0) is 12.7. The number of hydrogen-bond acceptors (Lipinski definition) is 2. The van der Waals surface area contributed by atoms with Crippen molar-refractivity contribution in [2.45, 2.75) is 45.6 Å². The first-order valence-electron chi connectivity index (χ1n) is 6.25. The van der Waals surface area contributed by atoms with Crippen LogP contribution in [0, 0.1) is 0 Å². The van der Waals surface area contributed by atoms with Crippen molar-refractivity contribution in [3.8, 4) is 5.75 Å². The molecule has 0 radical (unpaired) electrons. The third-order valence-electron chi connectivity index (χ3n) is 2.79. The first kappa shape index (κ1) is 14.3. The first-order chi connectivity index (χ1) is 8.15. The smallest absolute Gasteiger partial charge is 0.117 e. The Labute approximate surface area is 109 Å². The number of hydrogen-bond donors (Lipinski definition) is 1. The molecule has 1 atom stereocenters. The van der Waals surface area contributed by atoms with Crippen LogP contribution in [-0.2, 0) is 4.74 Å². The quantitative estimate of drug-likeness (QED) is 0.717. The van der Waals surface area contributed by atoms with Crippen LogP contribution < -0.4 is 0 Å². The minimum absolute atomic E-state index is 0.0234. The molecule has 1 N–H and O–H groups in total. The third-order valence-corrected chi connectivity index (χ3v) is 3.12. The molecule has 1 aromatic rings. The van der Waals surface area contributed by atoms with E-state index in [2.05, 4.69) is 6.92 Å². The van der Waals surface area contributed by atoms with Crippen molar-refractivity contribution < 1.29 is 9.84 Å². The molecule has 0 aliphatic heterocycles. The maximum atomic E-state index is 9.27. The van der Waals surface area contributed by atoms with Gasteiger partial charge in [0, 0.05) is 6.61 Å². The number of halogens is 1. The van der Waals surface area contributed by atoms with Crippen molar-refractivity contribution in [1.82, 2.24) is 0 Å². The summed E-state index contributed by atoms with van der Waals surface area (Å²) >= 11 is 6.05. The zero-order valence-corrected chi connectivity index (χ0v) is 11.3. The maximum absolute atomic E-state index is 9.27. The summed E-state index contributed by atoms with van der Waals surface area (Å²) in [5.41, 5.74) is 0.931. The monoisotopic (exact) mass is 256 g/mol. The molecule has 1 unspecified atom stereocenters. The maximum Gasteiger partial charge on any atom is 0.117 e. The highest BCUT2D eigenvalue weighted by atomic mass is 35.5. The second-order valence-corrected chi connectivity index (χ2v) is 4.69. The molecular weight excluding hydrogens is 236 g/mol. The van der Waals surface area contributed by atoms with Crippen LogP contribution in [0.4, 0.5) is 0 Å². The lowest BCUT2D eigenvalue weighted by molar-refractivity contribution is 0.0628. The van der Waals surface area contributed by atoms with Gasteiger partial charge in [-0.25, -0.2) is 0 Å². The van der Waals surface area contributed by atoms with Gasteiger partial charge < -0.3 is 9.84 Å². The van der Waals surface area contributed by atoms with E-state index in [1.807, 2.05) is 13.0 Å². The number of aromatic hydroxyl groups is 1. The fourth-order valence-corrected chi connectivity index (χ4v) is 2.05. The van der Waals surface area contributed by atoms with Gasteiger partial charge in [0.2, 0.25) is 0 Å². The fourth-order valence-electron chi connectivity index (χ4n) is 1.72. The van der Waals surface area contributed by atoms with E-state index in [9.17, 15) is 5.11 Å². The second-order valence-electron chi connectivity index (χ2n) is 4.28. The molecule has 0 aliphatic carbocycles. The summed E-state index contributed by atoms with van der Waals surface area (Å²) in [5, 5.41) is 9.83. The van der Waals surface area contributed by atoms with Crippen molar-refractivity contribution >= 4 is 11.6 Å². The predicted molar refractivity (Wildman–Crippen MR) is 71.6 cm³/mol. The van der Waals surface area contributed by atoms with E-state index in [4.69, 9.17) is 16.3 Å². The van der Waals surface area contributed by atoms with E-state index < -0.39 is 0 Å². The zero-order valence-electron chi connectivity index (χ0n) is 10.6. The van der Waals surface area contributed by atoms with E-state index in [1.165, 1.54) is 19.3 Å². The summed E-state index contributed by atoms with van der Waals surface area (Å²) in [6.07, 6.45) is 4.78. The Kier molecular flexibility index (Phi) is 6.38. The molecule has 0 saturated carbocycles. The standard InChI is InChI=1S/C14H21ClO2/c1-3-4-5-6-9-17-11(2)13-8-7-12(16)10-14(13)15/h7-8,10-11,16H,3-6,9H2,1-2H3. The molecule has 0 heterocycles. The average Bonchev–Trinajstić information content (AvgIpc) is 2.28. The Morgan fingerprint density at radius 1 is 1.29 bits per heavy atom. The Hall–Kier alpha value is -0.730. The van der Waals surface area contributed by atoms with Crippen molar-refractivity contribution in [3.63, 3.8) is 0 Å². The molecule has 0 spiro atoms. The van der Waals surface area contributed by atoms with E-state index in [0.717, 1.165) is 18.6 Å². The lowest BCUT2D eigenvalue weighted by Crippen LogP contribution is -2.02. The first-order valence-corrected chi connectivity index (χ1v) is 6.63. The number of rotatable bonds is 7. The summed E-state index contributed by atoms with van der Waals surface area (Å²) in [4.78, 5) is 0. The summed E-state index contributed by atoms with van der Waals surface area (Å²) < 4.78 is 5.73. The number of benzene rings is 1. The molecular formula is C14H21ClO2. The molecule has 17 heavy (non-hydrogen) atoms. The Morgan fingerprint density at radius 2 is 2.06 bits per heavy atom. The SMILES string of the molecule is CCCCCCOC(C)c1ccc(O)cc1Cl. The lowest BCUT2D eigenvalue weighted by atomic mass is 10.1. The third kappa shape index (κ3) is 4.97. The van der Waals surface area contributed by atoms with Crippen molar-refractivity contribution in [3.05, 3.63) is 28.8 Å². The molecule has 0 saturated heterocycles. The van der Waals surface area contributed by atoms with Crippen LogP contribution in [0.15, 0.2) is 18.2 Å².